The van der Waals surface area contributed by atoms with Crippen molar-refractivity contribution < 1.29 is 13.9 Å². The highest BCUT2D eigenvalue weighted by molar-refractivity contribution is 5.94. The molecule has 0 aliphatic carbocycles. The summed E-state index contributed by atoms with van der Waals surface area (Å²) in [4.78, 5) is 14.7. The minimum absolute atomic E-state index is 0.0734. The Bertz CT molecular complexity index is 761. The van der Waals surface area contributed by atoms with Crippen LogP contribution in [0.3, 0.4) is 0 Å². The topological polar surface area (TPSA) is 41.6 Å². The van der Waals surface area contributed by atoms with E-state index in [1.54, 1.807) is 18.2 Å². The van der Waals surface area contributed by atoms with E-state index in [0.29, 0.717) is 12.2 Å². The molecule has 5 heteroatoms. The Morgan fingerprint density at radius 2 is 2.04 bits per heavy atom. The van der Waals surface area contributed by atoms with Gasteiger partial charge in [0.25, 0.3) is 5.91 Å². The molecule has 0 radical (unpaired) electrons. The zero-order valence-electron chi connectivity index (χ0n) is 15.3. The van der Waals surface area contributed by atoms with E-state index in [4.69, 9.17) is 4.74 Å². The number of halogens is 1. The van der Waals surface area contributed by atoms with Gasteiger partial charge in [-0.3, -0.25) is 4.79 Å². The van der Waals surface area contributed by atoms with E-state index >= 15 is 0 Å². The standard InChI is InChI=1S/C21H25FN2O2/c1-3-26-19-9-6-16(7-10-19)21(25)23-18-5-4-12-24(14-18)20-11-8-17(22)13-15(20)2/h6-11,13,18H,3-5,12,14H2,1-2H3,(H,23,25). The van der Waals surface area contributed by atoms with E-state index in [9.17, 15) is 9.18 Å². The van der Waals surface area contributed by atoms with Gasteiger partial charge in [0, 0.05) is 30.4 Å². The third-order valence-electron chi connectivity index (χ3n) is 4.68. The first kappa shape index (κ1) is 18.2. The number of benzene rings is 2. The number of amides is 1. The van der Waals surface area contributed by atoms with Gasteiger partial charge in [0.15, 0.2) is 0 Å². The second-order valence-electron chi connectivity index (χ2n) is 6.65. The Labute approximate surface area is 154 Å². The largest absolute Gasteiger partial charge is 0.494 e. The molecule has 1 atom stereocenters. The Balaban J connectivity index is 1.63. The molecule has 4 nitrogen and oxygen atoms in total. The second kappa shape index (κ2) is 8.21. The fourth-order valence-electron chi connectivity index (χ4n) is 3.43. The first-order valence-electron chi connectivity index (χ1n) is 9.11. The number of hydrogen-bond donors (Lipinski definition) is 1. The van der Waals surface area contributed by atoms with Crippen LogP contribution >= 0.6 is 0 Å². The summed E-state index contributed by atoms with van der Waals surface area (Å²) >= 11 is 0. The Morgan fingerprint density at radius 3 is 2.73 bits per heavy atom. The number of nitrogens with one attached hydrogen (secondary N) is 1. The predicted octanol–water partition coefficient (Wildman–Crippen LogP) is 3.93. The average Bonchev–Trinajstić information content (AvgIpc) is 2.63. The number of nitrogens with zero attached hydrogens (tertiary/aromatic N) is 1. The summed E-state index contributed by atoms with van der Waals surface area (Å²) < 4.78 is 18.8. The van der Waals surface area contributed by atoms with E-state index in [1.165, 1.54) is 6.07 Å². The van der Waals surface area contributed by atoms with Crippen LogP contribution in [0.1, 0.15) is 35.7 Å². The zero-order valence-corrected chi connectivity index (χ0v) is 15.3. The van der Waals surface area contributed by atoms with Crippen molar-refractivity contribution >= 4 is 11.6 Å². The zero-order chi connectivity index (χ0) is 18.5. The summed E-state index contributed by atoms with van der Waals surface area (Å²) in [5, 5.41) is 3.12. The smallest absolute Gasteiger partial charge is 0.251 e. The molecule has 1 fully saturated rings. The van der Waals surface area contributed by atoms with Crippen LogP contribution in [0, 0.1) is 12.7 Å². The van der Waals surface area contributed by atoms with Gasteiger partial charge in [-0.15, -0.1) is 0 Å². The minimum Gasteiger partial charge on any atom is -0.494 e. The highest BCUT2D eigenvalue weighted by Crippen LogP contribution is 2.24. The summed E-state index contributed by atoms with van der Waals surface area (Å²) in [6.07, 6.45) is 1.94. The number of piperidine rings is 1. The maximum atomic E-state index is 13.3. The summed E-state index contributed by atoms with van der Waals surface area (Å²) in [7, 11) is 0. The summed E-state index contributed by atoms with van der Waals surface area (Å²) in [5.41, 5.74) is 2.58. The van der Waals surface area contributed by atoms with E-state index in [0.717, 1.165) is 42.9 Å². The molecule has 1 aliphatic rings. The molecule has 1 saturated heterocycles. The monoisotopic (exact) mass is 356 g/mol. The van der Waals surface area contributed by atoms with Crippen LogP contribution in [0.4, 0.5) is 10.1 Å². The lowest BCUT2D eigenvalue weighted by Gasteiger charge is -2.35. The average molecular weight is 356 g/mol. The maximum absolute atomic E-state index is 13.3. The molecular formula is C21H25FN2O2. The molecule has 1 amide bonds. The third-order valence-corrected chi connectivity index (χ3v) is 4.68. The molecule has 2 aromatic rings. The van der Waals surface area contributed by atoms with Gasteiger partial charge < -0.3 is 15.0 Å². The maximum Gasteiger partial charge on any atom is 0.251 e. The van der Waals surface area contributed by atoms with Gasteiger partial charge in [0.05, 0.1) is 6.61 Å². The number of carbonyl (C=O) groups excluding carboxylic acids is 1. The van der Waals surface area contributed by atoms with Gasteiger partial charge in [-0.05, 0) is 74.7 Å². The van der Waals surface area contributed by atoms with Gasteiger partial charge in [0.2, 0.25) is 0 Å². The normalized spacial score (nSPS) is 17.0. The van der Waals surface area contributed by atoms with Crippen molar-refractivity contribution in [2.24, 2.45) is 0 Å². The van der Waals surface area contributed by atoms with Crippen molar-refractivity contribution in [3.63, 3.8) is 0 Å². The van der Waals surface area contributed by atoms with Gasteiger partial charge >= 0.3 is 0 Å². The molecule has 0 bridgehead atoms. The molecule has 3 rings (SSSR count). The van der Waals surface area contributed by atoms with Crippen molar-refractivity contribution in [2.45, 2.75) is 32.7 Å². The van der Waals surface area contributed by atoms with Crippen LogP contribution < -0.4 is 15.0 Å². The Kier molecular flexibility index (Phi) is 5.76. The van der Waals surface area contributed by atoms with Crippen molar-refractivity contribution in [1.29, 1.82) is 0 Å². The first-order chi connectivity index (χ1) is 12.6. The lowest BCUT2D eigenvalue weighted by Crippen LogP contribution is -2.48. The number of anilines is 1. The summed E-state index contributed by atoms with van der Waals surface area (Å²) in [6, 6.07) is 12.1. The number of rotatable bonds is 5. The minimum atomic E-state index is -0.219. The van der Waals surface area contributed by atoms with Crippen LogP contribution in [0.2, 0.25) is 0 Å². The van der Waals surface area contributed by atoms with Crippen molar-refractivity contribution in [1.82, 2.24) is 5.32 Å². The first-order valence-corrected chi connectivity index (χ1v) is 9.11. The third kappa shape index (κ3) is 4.34. The van der Waals surface area contributed by atoms with Crippen molar-refractivity contribution in [3.05, 3.63) is 59.4 Å². The van der Waals surface area contributed by atoms with Crippen LogP contribution in [-0.2, 0) is 0 Å². The molecule has 1 N–H and O–H groups in total. The molecule has 1 unspecified atom stereocenters. The van der Waals surface area contributed by atoms with Gasteiger partial charge in [-0.2, -0.15) is 0 Å². The molecule has 2 aromatic carbocycles. The molecule has 1 heterocycles. The number of hydrogen-bond acceptors (Lipinski definition) is 3. The van der Waals surface area contributed by atoms with Gasteiger partial charge in [-0.25, -0.2) is 4.39 Å². The van der Waals surface area contributed by atoms with Gasteiger partial charge in [-0.1, -0.05) is 0 Å². The van der Waals surface area contributed by atoms with E-state index in [-0.39, 0.29) is 17.8 Å². The molecule has 0 spiro atoms. The number of ether oxygens (including phenoxy) is 1. The van der Waals surface area contributed by atoms with E-state index in [2.05, 4.69) is 10.2 Å². The fraction of sp³-hybridized carbons (Fsp3) is 0.381. The van der Waals surface area contributed by atoms with Gasteiger partial charge in [0.1, 0.15) is 11.6 Å². The molecule has 0 aromatic heterocycles. The number of carbonyl (C=O) groups is 1. The second-order valence-corrected chi connectivity index (χ2v) is 6.65. The molecule has 0 saturated carbocycles. The van der Waals surface area contributed by atoms with E-state index < -0.39 is 0 Å². The lowest BCUT2D eigenvalue weighted by atomic mass is 10.0. The molecule has 138 valence electrons. The van der Waals surface area contributed by atoms with Crippen LogP contribution in [0.25, 0.3) is 0 Å². The highest BCUT2D eigenvalue weighted by atomic mass is 19.1. The van der Waals surface area contributed by atoms with Crippen molar-refractivity contribution in [3.8, 4) is 5.75 Å². The fourth-order valence-corrected chi connectivity index (χ4v) is 3.43. The Hall–Kier alpha value is -2.56. The molecule has 1 aliphatic heterocycles. The highest BCUT2D eigenvalue weighted by Gasteiger charge is 2.23. The van der Waals surface area contributed by atoms with Crippen LogP contribution in [-0.4, -0.2) is 31.6 Å². The summed E-state index contributed by atoms with van der Waals surface area (Å²) in [5.74, 6) is 0.471. The predicted molar refractivity (Wildman–Crippen MR) is 101 cm³/mol. The number of aryl methyl sites for hydroxylation is 1. The van der Waals surface area contributed by atoms with Crippen LogP contribution in [0.5, 0.6) is 5.75 Å². The quantitative estimate of drug-likeness (QED) is 0.882. The van der Waals surface area contributed by atoms with E-state index in [1.807, 2.05) is 32.0 Å². The molecular weight excluding hydrogens is 331 g/mol. The van der Waals surface area contributed by atoms with Crippen molar-refractivity contribution in [2.75, 3.05) is 24.6 Å². The summed E-state index contributed by atoms with van der Waals surface area (Å²) in [6.45, 7) is 6.10. The SMILES string of the molecule is CCOc1ccc(C(=O)NC2CCCN(c3ccc(F)cc3C)C2)cc1. The Morgan fingerprint density at radius 1 is 1.27 bits per heavy atom. The molecule has 26 heavy (non-hydrogen) atoms. The van der Waals surface area contributed by atoms with Crippen LogP contribution in [0.15, 0.2) is 42.5 Å². The lowest BCUT2D eigenvalue weighted by molar-refractivity contribution is 0.0933.